The highest BCUT2D eigenvalue weighted by Gasteiger charge is 2.46. The zero-order valence-corrected chi connectivity index (χ0v) is 10.7. The van der Waals surface area contributed by atoms with Crippen molar-refractivity contribution in [2.24, 2.45) is 17.6 Å². The molecule has 1 aliphatic heterocycles. The van der Waals surface area contributed by atoms with Crippen molar-refractivity contribution in [1.82, 2.24) is 4.90 Å². The van der Waals surface area contributed by atoms with Crippen molar-refractivity contribution in [3.8, 4) is 0 Å². The van der Waals surface area contributed by atoms with Crippen LogP contribution in [0, 0.1) is 11.8 Å². The standard InChI is InChI=1S/C13H26N2O/c1-11-4-3-6-13(11,10-14)15-7-5-12(8-15)9-16-2/h11-12H,3-10,14H2,1-2H3. The van der Waals surface area contributed by atoms with Gasteiger partial charge in [0.05, 0.1) is 6.61 Å². The molecule has 2 aliphatic rings. The van der Waals surface area contributed by atoms with Gasteiger partial charge in [-0.3, -0.25) is 4.90 Å². The summed E-state index contributed by atoms with van der Waals surface area (Å²) in [6.45, 7) is 6.52. The van der Waals surface area contributed by atoms with Crippen molar-refractivity contribution >= 4 is 0 Å². The van der Waals surface area contributed by atoms with Gasteiger partial charge in [-0.1, -0.05) is 13.3 Å². The van der Waals surface area contributed by atoms with E-state index < -0.39 is 0 Å². The van der Waals surface area contributed by atoms with Crippen LogP contribution in [-0.4, -0.2) is 43.8 Å². The monoisotopic (exact) mass is 226 g/mol. The average Bonchev–Trinajstić information content (AvgIpc) is 2.86. The molecule has 16 heavy (non-hydrogen) atoms. The highest BCUT2D eigenvalue weighted by molar-refractivity contribution is 5.02. The Balaban J connectivity index is 2.01. The minimum atomic E-state index is 0.308. The first kappa shape index (κ1) is 12.3. The molecule has 3 atom stereocenters. The third-order valence-electron chi connectivity index (χ3n) is 4.84. The van der Waals surface area contributed by atoms with Gasteiger partial charge in [0.2, 0.25) is 0 Å². The quantitative estimate of drug-likeness (QED) is 0.789. The van der Waals surface area contributed by atoms with E-state index >= 15 is 0 Å². The highest BCUT2D eigenvalue weighted by atomic mass is 16.5. The Morgan fingerprint density at radius 2 is 2.25 bits per heavy atom. The maximum absolute atomic E-state index is 6.09. The SMILES string of the molecule is COCC1CCN(C2(CN)CCCC2C)C1. The second kappa shape index (κ2) is 5.03. The van der Waals surface area contributed by atoms with E-state index in [0.717, 1.165) is 25.0 Å². The fourth-order valence-electron chi connectivity index (χ4n) is 3.74. The number of rotatable bonds is 4. The van der Waals surface area contributed by atoms with E-state index in [9.17, 15) is 0 Å². The van der Waals surface area contributed by atoms with Gasteiger partial charge in [-0.25, -0.2) is 0 Å². The second-order valence-corrected chi connectivity index (χ2v) is 5.66. The van der Waals surface area contributed by atoms with Crippen LogP contribution in [0.4, 0.5) is 0 Å². The fraction of sp³-hybridized carbons (Fsp3) is 1.00. The first-order valence-electron chi connectivity index (χ1n) is 6.67. The topological polar surface area (TPSA) is 38.5 Å². The predicted octanol–water partition coefficient (Wildman–Crippen LogP) is 1.47. The number of likely N-dealkylation sites (tertiary alicyclic amines) is 1. The van der Waals surface area contributed by atoms with Crippen LogP contribution in [0.25, 0.3) is 0 Å². The predicted molar refractivity (Wildman–Crippen MR) is 66.4 cm³/mol. The first-order chi connectivity index (χ1) is 7.73. The number of nitrogens with zero attached hydrogens (tertiary/aromatic N) is 1. The molecule has 1 saturated heterocycles. The summed E-state index contributed by atoms with van der Waals surface area (Å²) in [6.07, 6.45) is 5.28. The second-order valence-electron chi connectivity index (χ2n) is 5.66. The van der Waals surface area contributed by atoms with E-state index in [1.807, 2.05) is 0 Å². The zero-order chi connectivity index (χ0) is 11.6. The van der Waals surface area contributed by atoms with Gasteiger partial charge in [0.25, 0.3) is 0 Å². The van der Waals surface area contributed by atoms with Crippen molar-refractivity contribution in [3.63, 3.8) is 0 Å². The van der Waals surface area contributed by atoms with Crippen LogP contribution in [0.5, 0.6) is 0 Å². The van der Waals surface area contributed by atoms with E-state index in [1.54, 1.807) is 7.11 Å². The van der Waals surface area contributed by atoms with Crippen LogP contribution in [-0.2, 0) is 4.74 Å². The summed E-state index contributed by atoms with van der Waals surface area (Å²) in [5.74, 6) is 1.49. The lowest BCUT2D eigenvalue weighted by atomic mass is 9.86. The summed E-state index contributed by atoms with van der Waals surface area (Å²) >= 11 is 0. The molecule has 3 nitrogen and oxygen atoms in total. The maximum atomic E-state index is 6.09. The number of hydrogen-bond acceptors (Lipinski definition) is 3. The van der Waals surface area contributed by atoms with E-state index in [-0.39, 0.29) is 0 Å². The van der Waals surface area contributed by atoms with Crippen molar-refractivity contribution in [2.75, 3.05) is 33.4 Å². The Hall–Kier alpha value is -0.120. The molecule has 2 N–H and O–H groups in total. The molecule has 3 heteroatoms. The Morgan fingerprint density at radius 1 is 1.44 bits per heavy atom. The molecule has 1 aliphatic carbocycles. The minimum Gasteiger partial charge on any atom is -0.384 e. The lowest BCUT2D eigenvalue weighted by Crippen LogP contribution is -2.54. The molecule has 0 aromatic rings. The summed E-state index contributed by atoms with van der Waals surface area (Å²) in [5, 5.41) is 0. The van der Waals surface area contributed by atoms with Gasteiger partial charge in [0, 0.05) is 25.7 Å². The van der Waals surface area contributed by atoms with E-state index in [1.165, 1.54) is 38.8 Å². The van der Waals surface area contributed by atoms with Crippen LogP contribution >= 0.6 is 0 Å². The number of ether oxygens (including phenoxy) is 1. The summed E-state index contributed by atoms with van der Waals surface area (Å²) in [5.41, 5.74) is 6.39. The molecule has 0 aromatic carbocycles. The van der Waals surface area contributed by atoms with Gasteiger partial charge in [0.1, 0.15) is 0 Å². The Kier molecular flexibility index (Phi) is 3.88. The van der Waals surface area contributed by atoms with E-state index in [0.29, 0.717) is 5.54 Å². The smallest absolute Gasteiger partial charge is 0.0503 e. The molecule has 0 bridgehead atoms. The van der Waals surface area contributed by atoms with Crippen LogP contribution in [0.2, 0.25) is 0 Å². The van der Waals surface area contributed by atoms with Crippen LogP contribution in [0.3, 0.4) is 0 Å². The fourth-order valence-corrected chi connectivity index (χ4v) is 3.74. The van der Waals surface area contributed by atoms with Gasteiger partial charge < -0.3 is 10.5 Å². The van der Waals surface area contributed by atoms with Gasteiger partial charge in [-0.05, 0) is 37.6 Å². The summed E-state index contributed by atoms with van der Waals surface area (Å²) in [6, 6.07) is 0. The van der Waals surface area contributed by atoms with Crippen molar-refractivity contribution in [1.29, 1.82) is 0 Å². The number of methoxy groups -OCH3 is 1. The van der Waals surface area contributed by atoms with Crippen LogP contribution < -0.4 is 5.73 Å². The summed E-state index contributed by atoms with van der Waals surface area (Å²) in [7, 11) is 1.81. The van der Waals surface area contributed by atoms with Gasteiger partial charge in [0.15, 0.2) is 0 Å². The Morgan fingerprint density at radius 3 is 2.81 bits per heavy atom. The Bertz CT molecular complexity index is 234. The van der Waals surface area contributed by atoms with Gasteiger partial charge in [-0.2, -0.15) is 0 Å². The molecule has 2 fully saturated rings. The van der Waals surface area contributed by atoms with E-state index in [2.05, 4.69) is 11.8 Å². The van der Waals surface area contributed by atoms with E-state index in [4.69, 9.17) is 10.5 Å². The molecule has 0 aromatic heterocycles. The molecule has 3 unspecified atom stereocenters. The van der Waals surface area contributed by atoms with Gasteiger partial charge in [-0.15, -0.1) is 0 Å². The molecule has 0 radical (unpaired) electrons. The van der Waals surface area contributed by atoms with Gasteiger partial charge >= 0.3 is 0 Å². The maximum Gasteiger partial charge on any atom is 0.0503 e. The molecular weight excluding hydrogens is 200 g/mol. The van der Waals surface area contributed by atoms with Crippen molar-refractivity contribution in [2.45, 2.75) is 38.1 Å². The molecule has 1 saturated carbocycles. The molecule has 94 valence electrons. The lowest BCUT2D eigenvalue weighted by Gasteiger charge is -2.42. The molecule has 2 rings (SSSR count). The van der Waals surface area contributed by atoms with Crippen LogP contribution in [0.15, 0.2) is 0 Å². The first-order valence-corrected chi connectivity index (χ1v) is 6.67. The minimum absolute atomic E-state index is 0.308. The molecule has 0 spiro atoms. The molecule has 0 amide bonds. The summed E-state index contributed by atoms with van der Waals surface area (Å²) in [4.78, 5) is 2.66. The highest BCUT2D eigenvalue weighted by Crippen LogP contribution is 2.41. The molecule has 1 heterocycles. The average molecular weight is 226 g/mol. The summed E-state index contributed by atoms with van der Waals surface area (Å²) < 4.78 is 5.27. The van der Waals surface area contributed by atoms with Crippen molar-refractivity contribution in [3.05, 3.63) is 0 Å². The van der Waals surface area contributed by atoms with Crippen molar-refractivity contribution < 1.29 is 4.74 Å². The molecular formula is C13H26N2O. The number of hydrogen-bond donors (Lipinski definition) is 1. The third kappa shape index (κ3) is 2.01. The lowest BCUT2D eigenvalue weighted by molar-refractivity contribution is 0.0766. The Labute approximate surface area is 99.3 Å². The largest absolute Gasteiger partial charge is 0.384 e. The zero-order valence-electron chi connectivity index (χ0n) is 10.7. The number of nitrogens with two attached hydrogens (primary N) is 1. The normalized spacial score (nSPS) is 40.7. The van der Waals surface area contributed by atoms with Crippen LogP contribution in [0.1, 0.15) is 32.6 Å². The third-order valence-corrected chi connectivity index (χ3v) is 4.84.